The van der Waals surface area contributed by atoms with Gasteiger partial charge in [-0.25, -0.2) is 24.9 Å². The molecular formula is C110H153N19. The van der Waals surface area contributed by atoms with Gasteiger partial charge >= 0.3 is 0 Å². The quantitative estimate of drug-likeness (QED) is 0.126. The molecule has 0 fully saturated rings. The van der Waals surface area contributed by atoms with Crippen LogP contribution in [0.3, 0.4) is 0 Å². The van der Waals surface area contributed by atoms with Gasteiger partial charge in [-0.2, -0.15) is 5.10 Å². The number of nitrogens with zero attached hydrogens (tertiary/aromatic N) is 15. The van der Waals surface area contributed by atoms with Gasteiger partial charge in [0, 0.05) is 150 Å². The molecule has 13 aromatic rings. The number of aliphatic imine (C=N–C) groups is 2. The van der Waals surface area contributed by atoms with Gasteiger partial charge in [-0.1, -0.05) is 219 Å². The minimum atomic E-state index is 0.0447. The molecule has 0 saturated heterocycles. The van der Waals surface area contributed by atoms with Gasteiger partial charge in [0.15, 0.2) is 5.65 Å². The van der Waals surface area contributed by atoms with Crippen molar-refractivity contribution in [3.8, 4) is 0 Å². The number of para-hydroxylation sites is 2. The molecule has 688 valence electrons. The largest absolute Gasteiger partial charge is 0.397 e. The highest BCUT2D eigenvalue weighted by Gasteiger charge is 2.23. The molecule has 19 nitrogen and oxygen atoms in total. The van der Waals surface area contributed by atoms with Crippen LogP contribution in [0.1, 0.15) is 328 Å². The van der Waals surface area contributed by atoms with Gasteiger partial charge in [-0.3, -0.25) is 35.0 Å². The number of aromatic amines is 3. The zero-order valence-electron chi connectivity index (χ0n) is 83.8. The number of H-pyrrole nitrogens is 3. The van der Waals surface area contributed by atoms with Gasteiger partial charge in [-0.15, -0.1) is 0 Å². The van der Waals surface area contributed by atoms with Crippen LogP contribution in [0.2, 0.25) is 0 Å². The van der Waals surface area contributed by atoms with E-state index in [1.807, 2.05) is 130 Å². The summed E-state index contributed by atoms with van der Waals surface area (Å²) in [5.74, 6) is 3.91. The lowest BCUT2D eigenvalue weighted by Crippen LogP contribution is -2.20. The normalized spacial score (nSPS) is 13.0. The van der Waals surface area contributed by atoms with E-state index >= 15 is 0 Å². The van der Waals surface area contributed by atoms with Gasteiger partial charge < -0.3 is 29.4 Å². The lowest BCUT2D eigenvalue weighted by molar-refractivity contribution is 0.396. The van der Waals surface area contributed by atoms with Crippen LogP contribution in [-0.2, 0) is 58.5 Å². The summed E-state index contributed by atoms with van der Waals surface area (Å²) in [6.45, 7) is 68.4. The molecule has 129 heavy (non-hydrogen) atoms. The van der Waals surface area contributed by atoms with E-state index in [-0.39, 0.29) is 32.9 Å². The number of fused-ring (bicyclic) bond motifs is 6. The van der Waals surface area contributed by atoms with Gasteiger partial charge in [0.2, 0.25) is 0 Å². The first-order valence-electron chi connectivity index (χ1n) is 45.8. The van der Waals surface area contributed by atoms with Crippen LogP contribution in [0, 0.1) is 5.41 Å². The van der Waals surface area contributed by atoms with E-state index < -0.39 is 0 Å². The Morgan fingerprint density at radius 1 is 0.411 bits per heavy atom. The molecule has 0 saturated carbocycles. The first-order chi connectivity index (χ1) is 60.6. The summed E-state index contributed by atoms with van der Waals surface area (Å²) in [7, 11) is 0. The first kappa shape index (κ1) is 104. The van der Waals surface area contributed by atoms with Gasteiger partial charge in [-0.05, 0) is 238 Å². The van der Waals surface area contributed by atoms with Gasteiger partial charge in [0.1, 0.15) is 11.3 Å². The third-order valence-corrected chi connectivity index (χ3v) is 21.8. The molecule has 0 radical (unpaired) electrons. The van der Waals surface area contributed by atoms with Crippen LogP contribution in [0.5, 0.6) is 0 Å². The second kappa shape index (κ2) is 47.4. The molecule has 5 N–H and O–H groups in total. The lowest BCUT2D eigenvalue weighted by Gasteiger charge is -2.21. The Hall–Kier alpha value is -11.9. The van der Waals surface area contributed by atoms with Gasteiger partial charge in [0.25, 0.3) is 0 Å². The van der Waals surface area contributed by atoms with Crippen molar-refractivity contribution in [2.24, 2.45) is 15.4 Å². The number of rotatable bonds is 5. The number of nitrogens with two attached hydrogens (primary N) is 1. The Morgan fingerprint density at radius 3 is 1.51 bits per heavy atom. The summed E-state index contributed by atoms with van der Waals surface area (Å²) >= 11 is 0. The number of hydrogen-bond donors (Lipinski definition) is 4. The first-order valence-corrected chi connectivity index (χ1v) is 45.8. The van der Waals surface area contributed by atoms with Crippen molar-refractivity contribution in [1.29, 1.82) is 0 Å². The van der Waals surface area contributed by atoms with E-state index in [2.05, 4.69) is 388 Å². The SMILES string of the molecule is CC(C)(C)C1=CC=NC1.CC(C)(C)c1ccc[nH]1.CC(C)(C)c1ccn[nH]1.CC(C)(C)c1ncc[nH]1.CC(C)(C)n1ccnc1.CC(C)(C)n1cnc2ccccc21.CC(C)(C)n1cnc2cccnc21.CC(C)c1cccc2c1C=CC2.CC(C)c1ccnc2c1C=CC2.CC(C)c1ccnc2c1N=CC2.CC(C)c1cncc(N)c1.CC(C)c1cncc2c1C=CC2. The van der Waals surface area contributed by atoms with E-state index in [1.54, 1.807) is 31.0 Å². The Bertz CT molecular complexity index is 5150. The monoisotopic (exact) mass is 1740 g/mol. The van der Waals surface area contributed by atoms with Crippen LogP contribution in [0.25, 0.3) is 40.4 Å². The van der Waals surface area contributed by atoms with Crippen molar-refractivity contribution >= 4 is 64.2 Å². The van der Waals surface area contributed by atoms with E-state index in [0.717, 1.165) is 71.8 Å². The smallest absolute Gasteiger partial charge is 0.160 e. The van der Waals surface area contributed by atoms with Crippen LogP contribution in [-0.4, -0.2) is 97.7 Å². The number of allylic oxidation sites excluding steroid dienone is 4. The fraction of sp³-hybridized carbons (Fsp3) is 0.436. The summed E-state index contributed by atoms with van der Waals surface area (Å²) in [6, 6.07) is 31.0. The highest BCUT2D eigenvalue weighted by molar-refractivity contribution is 5.77. The third-order valence-electron chi connectivity index (χ3n) is 21.8. The van der Waals surface area contributed by atoms with E-state index in [1.165, 1.54) is 83.8 Å². The predicted molar refractivity (Wildman–Crippen MR) is 548 cm³/mol. The van der Waals surface area contributed by atoms with Crippen LogP contribution < -0.4 is 5.73 Å². The molecule has 11 aromatic heterocycles. The maximum atomic E-state index is 5.53. The van der Waals surface area contributed by atoms with E-state index in [9.17, 15) is 0 Å². The average Bonchev–Trinajstić information content (AvgIpc) is 1.63. The van der Waals surface area contributed by atoms with Crippen LogP contribution in [0.4, 0.5) is 11.4 Å². The molecule has 18 rings (SSSR count). The fourth-order valence-corrected chi connectivity index (χ4v) is 13.9. The Morgan fingerprint density at radius 2 is 1.01 bits per heavy atom. The summed E-state index contributed by atoms with van der Waals surface area (Å²) in [4.78, 5) is 52.6. The number of anilines is 1. The van der Waals surface area contributed by atoms with E-state index in [4.69, 9.17) is 5.73 Å². The van der Waals surface area contributed by atoms with Crippen LogP contribution >= 0.6 is 0 Å². The maximum absolute atomic E-state index is 5.53. The molecule has 3 aliphatic carbocycles. The average molecular weight is 1740 g/mol. The zero-order valence-corrected chi connectivity index (χ0v) is 83.8. The number of pyridine rings is 5. The summed E-state index contributed by atoms with van der Waals surface area (Å²) < 4.78 is 6.36. The van der Waals surface area contributed by atoms with E-state index in [0.29, 0.717) is 35.0 Å². The van der Waals surface area contributed by atoms with Gasteiger partial charge in [0.05, 0.1) is 59.3 Å². The Balaban J connectivity index is 0.000000193. The van der Waals surface area contributed by atoms with Crippen molar-refractivity contribution in [2.75, 3.05) is 12.3 Å². The molecule has 13 heterocycles. The van der Waals surface area contributed by atoms with Crippen LogP contribution in [0.15, 0.2) is 230 Å². The standard InChI is InChI=1S/C12H14.C11H14N2.2C11H13N.C10H13N3.C10H12N2.C8H12N2.2C8H13N.3C7H12N2/c1-9(2)11-7-3-5-10-6-4-8-12(10)11;1-11(2,3)13-8-12-9-6-4-5-7-10(9)13;1-8(2)11-7-12-6-9-4-3-5-10(9)11;1-8(2)9-6-7-12-11-5-3-4-10(9)11;1-10(2,3)13-7-12-8-5-4-6-11-9(8)13;1-7(2)8-3-5-11-9-4-6-12-10(8)9;1-6(2)7-3-8(9)5-10-4-7;1-8(2,3)7-4-5-9-6-7;1-8(2,3)7-5-4-6-9-7;1-7(2,3)9-5-4-8-6-9;1-7(2,3)6-8-4-5-9-6;1-7(2,3)6-4-5-8-9-6/h3-5,7-9H,6H2,1-2H3;4-8H,1-3H3;3,5-8H,4H2,1-2H3;3-4,6-8H,5H2,1-2H3;4-7H,1-3H3;3,5-7H,4H2,1-2H3;3-6H,9H2,1-2H3;4-5H,6H2,1-3H3;4-6,9H,1-3H3;4-6H,1-3H3;2*4-5H,1-3H3,(H,8,9). The summed E-state index contributed by atoms with van der Waals surface area (Å²) in [5, 5.41) is 6.79. The molecular weight excluding hydrogens is 1590 g/mol. The van der Waals surface area contributed by atoms with Crippen molar-refractivity contribution in [1.82, 2.24) is 78.7 Å². The predicted octanol–water partition coefficient (Wildman–Crippen LogP) is 27.6. The highest BCUT2D eigenvalue weighted by atomic mass is 15.1. The molecule has 19 heteroatoms. The molecule has 0 atom stereocenters. The minimum Gasteiger partial charge on any atom is -0.397 e. The summed E-state index contributed by atoms with van der Waals surface area (Å²) in [5.41, 5.74) is 33.0. The topological polar surface area (TPSA) is 242 Å². The molecule has 0 spiro atoms. The molecule has 2 aliphatic heterocycles. The number of hydrogen-bond acceptors (Lipinski definition) is 13. The molecule has 2 aromatic carbocycles. The maximum Gasteiger partial charge on any atom is 0.160 e. The zero-order chi connectivity index (χ0) is 95.2. The van der Waals surface area contributed by atoms with Crippen molar-refractivity contribution in [3.63, 3.8) is 0 Å². The minimum absolute atomic E-state index is 0.0447. The number of nitrogen functional groups attached to an aromatic ring is 1. The lowest BCUT2D eigenvalue weighted by atomic mass is 9.87. The summed E-state index contributed by atoms with van der Waals surface area (Å²) in [6.07, 6.45) is 53.1. The Kier molecular flexibility index (Phi) is 38.3. The fourth-order valence-electron chi connectivity index (χ4n) is 13.9. The molecule has 5 aliphatic rings. The second-order valence-corrected chi connectivity index (χ2v) is 41.6. The molecule has 0 bridgehead atoms. The van der Waals surface area contributed by atoms with Crippen molar-refractivity contribution < 1.29 is 0 Å². The number of benzene rings is 2. The molecule has 0 unspecified atom stereocenters. The third kappa shape index (κ3) is 32.7. The Labute approximate surface area is 773 Å². The van der Waals surface area contributed by atoms with Crippen molar-refractivity contribution in [2.45, 2.75) is 303 Å². The number of imidazole rings is 4. The highest BCUT2D eigenvalue weighted by Crippen LogP contribution is 2.34. The number of aromatic nitrogens is 16. The second-order valence-electron chi connectivity index (χ2n) is 41.6. The number of nitrogens with one attached hydrogen (secondary N) is 3. The van der Waals surface area contributed by atoms with Crippen molar-refractivity contribution in [3.05, 3.63) is 305 Å². The molecule has 0 amide bonds.